The molecule has 0 radical (unpaired) electrons. The molecule has 9 nitrogen and oxygen atoms in total. The molecule has 2 aromatic carbocycles. The lowest BCUT2D eigenvalue weighted by Gasteiger charge is -2.33. The summed E-state index contributed by atoms with van der Waals surface area (Å²) in [5, 5.41) is 20.9. The first kappa shape index (κ1) is 22.2. The summed E-state index contributed by atoms with van der Waals surface area (Å²) in [6.45, 7) is 3.74. The van der Waals surface area contributed by atoms with Crippen molar-refractivity contribution in [1.82, 2.24) is 24.5 Å². The number of aryl methyl sites for hydroxylation is 2. The lowest BCUT2D eigenvalue weighted by atomic mass is 10.0. The highest BCUT2D eigenvalue weighted by atomic mass is 16.5. The number of aliphatic carboxylic acids is 1. The maximum absolute atomic E-state index is 11.1. The number of carboxylic acids is 1. The van der Waals surface area contributed by atoms with Crippen LogP contribution in [0.3, 0.4) is 0 Å². The third-order valence-corrected chi connectivity index (χ3v) is 6.67. The van der Waals surface area contributed by atoms with E-state index < -0.39 is 5.97 Å². The molecular formula is C27H26N6O3. The van der Waals surface area contributed by atoms with E-state index >= 15 is 0 Å². The van der Waals surface area contributed by atoms with Gasteiger partial charge in [-0.1, -0.05) is 30.3 Å². The molecule has 0 spiro atoms. The van der Waals surface area contributed by atoms with Crippen LogP contribution >= 0.6 is 0 Å². The van der Waals surface area contributed by atoms with Crippen LogP contribution in [-0.4, -0.2) is 61.4 Å². The van der Waals surface area contributed by atoms with Gasteiger partial charge in [0, 0.05) is 42.7 Å². The minimum Gasteiger partial charge on any atom is -0.481 e. The number of pyridine rings is 1. The number of para-hydroxylation sites is 1. The Morgan fingerprint density at radius 2 is 1.97 bits per heavy atom. The van der Waals surface area contributed by atoms with Crippen LogP contribution in [0.25, 0.3) is 38.8 Å². The Morgan fingerprint density at radius 1 is 1.11 bits per heavy atom. The number of fused-ring (bicyclic) bond motifs is 2. The Bertz CT molecular complexity index is 1590. The summed E-state index contributed by atoms with van der Waals surface area (Å²) in [5.74, 6) is -0.0603. The molecule has 3 aromatic heterocycles. The first-order valence-electron chi connectivity index (χ1n) is 11.9. The average molecular weight is 483 g/mol. The second-order valence-corrected chi connectivity index (χ2v) is 9.18. The molecule has 1 aliphatic rings. The zero-order valence-electron chi connectivity index (χ0n) is 20.1. The molecule has 182 valence electrons. The van der Waals surface area contributed by atoms with Crippen molar-refractivity contribution in [2.75, 3.05) is 24.6 Å². The van der Waals surface area contributed by atoms with Gasteiger partial charge in [0.05, 0.1) is 42.0 Å². The summed E-state index contributed by atoms with van der Waals surface area (Å²) in [5.41, 5.74) is 5.90. The van der Waals surface area contributed by atoms with Gasteiger partial charge in [0.25, 0.3) is 0 Å². The fourth-order valence-corrected chi connectivity index (χ4v) is 5.03. The van der Waals surface area contributed by atoms with Crippen LogP contribution < -0.4 is 4.90 Å². The minimum absolute atomic E-state index is 0.0143. The standard InChI is InChI=1S/C27H26N6O3/c1-17-5-3-7-21-26(20-6-4-8-23-22(20)16-31(2)29-23)30-33(27(17)21)18-9-10-24(28-14-18)32-11-12-36-19(15-32)13-25(34)35/h3-10,14,16,19H,11-13,15H2,1-2H3,(H,34,35). The zero-order chi connectivity index (χ0) is 24.8. The number of rotatable bonds is 5. The lowest BCUT2D eigenvalue weighted by Crippen LogP contribution is -2.43. The maximum atomic E-state index is 11.1. The molecule has 9 heteroatoms. The summed E-state index contributed by atoms with van der Waals surface area (Å²) in [6.07, 6.45) is 3.50. The van der Waals surface area contributed by atoms with E-state index in [2.05, 4.69) is 41.2 Å². The first-order valence-corrected chi connectivity index (χ1v) is 11.9. The summed E-state index contributed by atoms with van der Waals surface area (Å²) in [7, 11) is 1.93. The Balaban J connectivity index is 1.40. The van der Waals surface area contributed by atoms with E-state index in [9.17, 15) is 4.79 Å². The molecule has 1 unspecified atom stereocenters. The van der Waals surface area contributed by atoms with Gasteiger partial charge in [0.15, 0.2) is 0 Å². The highest BCUT2D eigenvalue weighted by Gasteiger charge is 2.24. The molecule has 6 rings (SSSR count). The number of hydrogen-bond donors (Lipinski definition) is 1. The molecule has 36 heavy (non-hydrogen) atoms. The largest absolute Gasteiger partial charge is 0.481 e. The van der Waals surface area contributed by atoms with E-state index in [1.165, 1.54) is 0 Å². The minimum atomic E-state index is -0.858. The van der Waals surface area contributed by atoms with Crippen molar-refractivity contribution in [2.24, 2.45) is 7.05 Å². The van der Waals surface area contributed by atoms with Gasteiger partial charge in [-0.2, -0.15) is 10.2 Å². The van der Waals surface area contributed by atoms with Crippen molar-refractivity contribution < 1.29 is 14.6 Å². The second-order valence-electron chi connectivity index (χ2n) is 9.18. The number of anilines is 1. The molecule has 0 amide bonds. The number of benzene rings is 2. The number of aromatic nitrogens is 5. The van der Waals surface area contributed by atoms with Crippen LogP contribution in [0, 0.1) is 6.92 Å². The van der Waals surface area contributed by atoms with Gasteiger partial charge in [0.2, 0.25) is 0 Å². The van der Waals surface area contributed by atoms with Crippen LogP contribution in [0.5, 0.6) is 0 Å². The monoisotopic (exact) mass is 482 g/mol. The van der Waals surface area contributed by atoms with Crippen molar-refractivity contribution in [2.45, 2.75) is 19.4 Å². The van der Waals surface area contributed by atoms with Crippen LogP contribution in [0.1, 0.15) is 12.0 Å². The Labute approximate surface area is 207 Å². The second kappa shape index (κ2) is 8.76. The van der Waals surface area contributed by atoms with Crippen molar-refractivity contribution in [1.29, 1.82) is 0 Å². The Hall–Kier alpha value is -4.24. The zero-order valence-corrected chi connectivity index (χ0v) is 20.1. The van der Waals surface area contributed by atoms with Crippen LogP contribution in [0.4, 0.5) is 5.82 Å². The van der Waals surface area contributed by atoms with E-state index in [0.717, 1.165) is 50.1 Å². The SMILES string of the molecule is Cc1cccc2c(-c3cccc4nn(C)cc34)nn(-c3ccc(N4CCOC(CC(=O)O)C4)nc3)c12. The van der Waals surface area contributed by atoms with E-state index in [0.29, 0.717) is 19.7 Å². The van der Waals surface area contributed by atoms with Crippen molar-refractivity contribution in [3.8, 4) is 16.9 Å². The topological polar surface area (TPSA) is 98.3 Å². The highest BCUT2D eigenvalue weighted by Crippen LogP contribution is 2.35. The van der Waals surface area contributed by atoms with Gasteiger partial charge in [-0.15, -0.1) is 0 Å². The van der Waals surface area contributed by atoms with Gasteiger partial charge < -0.3 is 14.7 Å². The molecule has 0 bridgehead atoms. The maximum Gasteiger partial charge on any atom is 0.306 e. The first-order chi connectivity index (χ1) is 17.5. The van der Waals surface area contributed by atoms with Gasteiger partial charge in [-0.25, -0.2) is 9.67 Å². The summed E-state index contributed by atoms with van der Waals surface area (Å²) < 4.78 is 9.39. The summed E-state index contributed by atoms with van der Waals surface area (Å²) in [6, 6.07) is 16.3. The smallest absolute Gasteiger partial charge is 0.306 e. The normalized spacial score (nSPS) is 16.2. The van der Waals surface area contributed by atoms with Gasteiger partial charge >= 0.3 is 5.97 Å². The van der Waals surface area contributed by atoms with E-state index in [4.69, 9.17) is 19.9 Å². The highest BCUT2D eigenvalue weighted by molar-refractivity contribution is 6.03. The molecule has 5 aromatic rings. The molecule has 0 aliphatic carbocycles. The number of carbonyl (C=O) groups is 1. The molecular weight excluding hydrogens is 456 g/mol. The van der Waals surface area contributed by atoms with E-state index in [1.54, 1.807) is 0 Å². The molecule has 1 fully saturated rings. The number of morpholine rings is 1. The van der Waals surface area contributed by atoms with Gasteiger partial charge in [-0.05, 0) is 30.7 Å². The Morgan fingerprint density at radius 3 is 2.78 bits per heavy atom. The van der Waals surface area contributed by atoms with Gasteiger partial charge in [0.1, 0.15) is 11.5 Å². The Kier molecular flexibility index (Phi) is 5.41. The predicted molar refractivity (Wildman–Crippen MR) is 138 cm³/mol. The van der Waals surface area contributed by atoms with Crippen LogP contribution in [-0.2, 0) is 16.6 Å². The lowest BCUT2D eigenvalue weighted by molar-refractivity contribution is -0.140. The van der Waals surface area contributed by atoms with Crippen LogP contribution in [0.15, 0.2) is 60.9 Å². The van der Waals surface area contributed by atoms with Crippen LogP contribution in [0.2, 0.25) is 0 Å². The third-order valence-electron chi connectivity index (χ3n) is 6.67. The van der Waals surface area contributed by atoms with E-state index in [-0.39, 0.29) is 12.5 Å². The number of nitrogens with zero attached hydrogens (tertiary/aromatic N) is 6. The molecule has 1 N–H and O–H groups in total. The quantitative estimate of drug-likeness (QED) is 0.405. The number of ether oxygens (including phenoxy) is 1. The molecule has 0 saturated carbocycles. The average Bonchev–Trinajstić information content (AvgIpc) is 3.45. The van der Waals surface area contributed by atoms with Gasteiger partial charge in [-0.3, -0.25) is 9.48 Å². The van der Waals surface area contributed by atoms with Crippen molar-refractivity contribution in [3.63, 3.8) is 0 Å². The summed E-state index contributed by atoms with van der Waals surface area (Å²) in [4.78, 5) is 17.9. The third kappa shape index (κ3) is 3.87. The molecule has 1 aliphatic heterocycles. The fourth-order valence-electron chi connectivity index (χ4n) is 5.03. The number of hydrogen-bond acceptors (Lipinski definition) is 6. The van der Waals surface area contributed by atoms with Crippen molar-refractivity contribution in [3.05, 3.63) is 66.5 Å². The fraction of sp³-hybridized carbons (Fsp3) is 0.259. The molecule has 1 saturated heterocycles. The summed E-state index contributed by atoms with van der Waals surface area (Å²) >= 11 is 0. The van der Waals surface area contributed by atoms with E-state index in [1.807, 2.05) is 53.1 Å². The molecule has 4 heterocycles. The molecule has 1 atom stereocenters. The predicted octanol–water partition coefficient (Wildman–Crippen LogP) is 3.96. The number of carboxylic acid groups (broad SMARTS) is 1. The van der Waals surface area contributed by atoms with Crippen molar-refractivity contribution >= 4 is 33.6 Å².